The van der Waals surface area contributed by atoms with E-state index in [1.807, 2.05) is 0 Å². The summed E-state index contributed by atoms with van der Waals surface area (Å²) in [5, 5.41) is 9.86. The average Bonchev–Trinajstić information content (AvgIpc) is 3.84. The van der Waals surface area contributed by atoms with Crippen molar-refractivity contribution in [3.8, 4) is 51.3 Å². The quantitative estimate of drug-likeness (QED) is 0.138. The third kappa shape index (κ3) is 5.55. The Kier molecular flexibility index (Phi) is 7.55. The minimum Gasteiger partial charge on any atom is -0.506 e. The van der Waals surface area contributed by atoms with Crippen LogP contribution < -0.4 is 0 Å². The highest BCUT2D eigenvalue weighted by atomic mass is 32.2. The molecule has 0 unspecified atom stereocenters. The summed E-state index contributed by atoms with van der Waals surface area (Å²) in [6.07, 6.45) is 0. The van der Waals surface area contributed by atoms with Crippen molar-refractivity contribution in [1.82, 2.24) is 38.9 Å². The van der Waals surface area contributed by atoms with E-state index in [4.69, 9.17) is 0 Å². The largest absolute Gasteiger partial charge is 0.506 e. The van der Waals surface area contributed by atoms with Crippen molar-refractivity contribution in [2.75, 3.05) is 0 Å². The summed E-state index contributed by atoms with van der Waals surface area (Å²) in [4.78, 5) is 23.3. The molecule has 8 bridgehead atoms. The standard InChI is InChI=1S/C32H18N8O13S4/c41-21-19-20(22(54(42,43)44)24(56(48,49)50)23(21)55(45,46)47)30-36-26-14-8-2-4-10-16(14)28(34-26)39-32-18-12-6-5-11-17(18)31(40(32)57(51,52)53)38-27-15-9-3-1-7-13(15)25(33-27)35-29(19)37-30/h1-12,41H,(H,42,43,44)(H,45,46,47)(H,48,49,50)(H,51,52,53)(H,33,34,35,36,37,38,39). The zero-order valence-electron chi connectivity index (χ0n) is 27.7. The van der Waals surface area contributed by atoms with Gasteiger partial charge >= 0.3 is 10.3 Å². The molecule has 25 heteroatoms. The summed E-state index contributed by atoms with van der Waals surface area (Å²) < 4.78 is 145. The number of fused-ring (bicyclic) bond motifs is 20. The van der Waals surface area contributed by atoms with E-state index < -0.39 is 83.2 Å². The van der Waals surface area contributed by atoms with Gasteiger partial charge in [0.25, 0.3) is 30.4 Å². The van der Waals surface area contributed by atoms with Gasteiger partial charge in [0.05, 0.1) is 10.8 Å². The number of aromatic nitrogens is 8. The van der Waals surface area contributed by atoms with Crippen LogP contribution in [0.4, 0.5) is 0 Å². The molecular formula is C32H18N8O13S4. The lowest BCUT2D eigenvalue weighted by atomic mass is 10.1. The van der Waals surface area contributed by atoms with Crippen molar-refractivity contribution >= 4 is 84.8 Å². The Morgan fingerprint density at radius 2 is 0.825 bits per heavy atom. The average molecular weight is 851 g/mol. The molecule has 0 saturated heterocycles. The molecule has 21 nitrogen and oxygen atoms in total. The van der Waals surface area contributed by atoms with Gasteiger partial charge in [-0.2, -0.15) is 37.6 Å². The Morgan fingerprint density at radius 1 is 0.456 bits per heavy atom. The molecule has 0 saturated carbocycles. The summed E-state index contributed by atoms with van der Waals surface area (Å²) in [7, 11) is -23.2. The molecule has 0 fully saturated rings. The number of nitrogens with zero attached hydrogens (tertiary/aromatic N) is 7. The number of hydrogen-bond acceptors (Lipinski definition) is 15. The van der Waals surface area contributed by atoms with Crippen LogP contribution in [0.3, 0.4) is 0 Å². The fourth-order valence-corrected chi connectivity index (χ4v) is 11.0. The molecule has 57 heavy (non-hydrogen) atoms. The molecule has 3 aromatic heterocycles. The molecule has 2 aliphatic rings. The maximum Gasteiger partial charge on any atom is 0.366 e. The number of rotatable bonds is 4. The van der Waals surface area contributed by atoms with Gasteiger partial charge in [0.1, 0.15) is 26.8 Å². The van der Waals surface area contributed by atoms with Gasteiger partial charge in [-0.15, -0.1) is 0 Å². The fraction of sp³-hybridized carbons (Fsp3) is 0. The predicted molar refractivity (Wildman–Crippen MR) is 198 cm³/mol. The number of aromatic hydroxyl groups is 1. The van der Waals surface area contributed by atoms with E-state index in [1.54, 1.807) is 30.3 Å². The first-order chi connectivity index (χ1) is 26.7. The van der Waals surface area contributed by atoms with Crippen molar-refractivity contribution in [1.29, 1.82) is 0 Å². The number of nitrogens with one attached hydrogen (secondary N) is 1. The highest BCUT2D eigenvalue weighted by Crippen LogP contribution is 2.46. The highest BCUT2D eigenvalue weighted by Gasteiger charge is 2.40. The zero-order chi connectivity index (χ0) is 40.6. The van der Waals surface area contributed by atoms with Crippen LogP contribution in [-0.4, -0.2) is 95.8 Å². The van der Waals surface area contributed by atoms with Gasteiger partial charge in [-0.25, -0.2) is 29.9 Å². The Bertz CT molecular complexity index is 3660. The van der Waals surface area contributed by atoms with Gasteiger partial charge in [0.15, 0.2) is 39.5 Å². The van der Waals surface area contributed by atoms with Crippen LogP contribution in [0, 0.1) is 0 Å². The molecule has 4 aromatic carbocycles. The van der Waals surface area contributed by atoms with Crippen LogP contribution in [0.5, 0.6) is 5.75 Å². The third-order valence-corrected chi connectivity index (χ3v) is 12.8. The summed E-state index contributed by atoms with van der Waals surface area (Å²) in [5.41, 5.74) is -1.42. The first-order valence-electron chi connectivity index (χ1n) is 15.7. The number of benzene rings is 4. The first kappa shape index (κ1) is 36.3. The van der Waals surface area contributed by atoms with Gasteiger partial charge in [-0.05, 0) is 0 Å². The van der Waals surface area contributed by atoms with Crippen molar-refractivity contribution in [2.45, 2.75) is 14.7 Å². The van der Waals surface area contributed by atoms with Gasteiger partial charge in [-0.1, -0.05) is 72.8 Å². The molecule has 2 aliphatic heterocycles. The van der Waals surface area contributed by atoms with E-state index in [2.05, 4.69) is 34.9 Å². The van der Waals surface area contributed by atoms with E-state index in [9.17, 15) is 57.0 Å². The predicted octanol–water partition coefficient (Wildman–Crippen LogP) is 3.44. The number of aromatic amines is 1. The smallest absolute Gasteiger partial charge is 0.366 e. The van der Waals surface area contributed by atoms with Crippen molar-refractivity contribution in [3.05, 3.63) is 72.8 Å². The van der Waals surface area contributed by atoms with E-state index in [0.29, 0.717) is 3.97 Å². The molecule has 0 spiro atoms. The SMILES string of the molecule is O=S(=O)(O)c1c(S(=O)(=O)O)c(S(=O)(=O)O)c2c3nc4nc(nc5c6ccccc6c(nc6nc(nc([nH]3)c2c1O)-c1ccccc1-6)n5S(=O)(=O)O)-c1ccccc1-4. The maximum absolute atomic E-state index is 13.2. The Hall–Kier alpha value is -6.32. The number of phenols is 1. The second-order valence-electron chi connectivity index (χ2n) is 12.3. The second-order valence-corrected chi connectivity index (χ2v) is 17.7. The van der Waals surface area contributed by atoms with Crippen molar-refractivity contribution in [2.24, 2.45) is 0 Å². The monoisotopic (exact) mass is 850 g/mol. The van der Waals surface area contributed by atoms with E-state index in [0.717, 1.165) is 0 Å². The molecule has 0 amide bonds. The van der Waals surface area contributed by atoms with Crippen LogP contribution in [0.1, 0.15) is 0 Å². The Labute approximate surface area is 318 Å². The van der Waals surface area contributed by atoms with Crippen molar-refractivity contribution in [3.63, 3.8) is 0 Å². The lowest BCUT2D eigenvalue weighted by Crippen LogP contribution is -2.15. The van der Waals surface area contributed by atoms with Crippen LogP contribution >= 0.6 is 0 Å². The molecule has 288 valence electrons. The molecule has 5 heterocycles. The summed E-state index contributed by atoms with van der Waals surface area (Å²) in [6, 6.07) is 18.4. The second kappa shape index (κ2) is 11.8. The minimum absolute atomic E-state index is 0.149. The molecule has 6 N–H and O–H groups in total. The maximum atomic E-state index is 13.2. The molecule has 0 atom stereocenters. The minimum atomic E-state index is -6.05. The summed E-state index contributed by atoms with van der Waals surface area (Å²) >= 11 is 0. The van der Waals surface area contributed by atoms with Crippen LogP contribution in [0.25, 0.3) is 89.7 Å². The van der Waals surface area contributed by atoms with Crippen LogP contribution in [0.2, 0.25) is 0 Å². The fourth-order valence-electron chi connectivity index (χ4n) is 6.81. The topological polar surface area (TPSA) is 336 Å². The number of hydrogen-bond donors (Lipinski definition) is 6. The van der Waals surface area contributed by atoms with Gasteiger partial charge in [-0.3, -0.25) is 18.2 Å². The van der Waals surface area contributed by atoms with Crippen molar-refractivity contribution < 1.29 is 57.0 Å². The van der Waals surface area contributed by atoms with Crippen LogP contribution in [-0.2, 0) is 40.7 Å². The highest BCUT2D eigenvalue weighted by molar-refractivity contribution is 7.90. The van der Waals surface area contributed by atoms with E-state index >= 15 is 0 Å². The molecule has 7 aromatic rings. The lowest BCUT2D eigenvalue weighted by Gasteiger charge is -2.12. The molecular weight excluding hydrogens is 833 g/mol. The van der Waals surface area contributed by atoms with Gasteiger partial charge in [0.2, 0.25) is 0 Å². The number of phenolic OH excluding ortho intramolecular Hbond substituents is 1. The summed E-state index contributed by atoms with van der Waals surface area (Å²) in [6.45, 7) is 0. The molecule has 0 aliphatic carbocycles. The van der Waals surface area contributed by atoms with Crippen LogP contribution in [0.15, 0.2) is 87.5 Å². The number of H-pyrrole nitrogens is 1. The third-order valence-electron chi connectivity index (χ3n) is 8.95. The van der Waals surface area contributed by atoms with Gasteiger partial charge < -0.3 is 10.1 Å². The Balaban J connectivity index is 1.64. The molecule has 9 rings (SSSR count). The van der Waals surface area contributed by atoms with E-state index in [-0.39, 0.29) is 67.6 Å². The van der Waals surface area contributed by atoms with E-state index in [1.165, 1.54) is 42.5 Å². The summed E-state index contributed by atoms with van der Waals surface area (Å²) in [5.74, 6) is -2.71. The normalized spacial score (nSPS) is 13.2. The lowest BCUT2D eigenvalue weighted by molar-refractivity contribution is 0.430. The Morgan fingerprint density at radius 3 is 1.21 bits per heavy atom. The molecule has 0 radical (unpaired) electrons. The first-order valence-corrected chi connectivity index (χ1v) is 21.4. The van der Waals surface area contributed by atoms with Gasteiger partial charge in [0, 0.05) is 33.0 Å². The zero-order valence-corrected chi connectivity index (χ0v) is 31.0.